The average molecular weight is 391 g/mol. The van der Waals surface area contributed by atoms with E-state index in [1.54, 1.807) is 12.1 Å². The first kappa shape index (κ1) is 16.3. The Morgan fingerprint density at radius 1 is 1.29 bits per heavy atom. The third-order valence-corrected chi connectivity index (χ3v) is 3.87. The van der Waals surface area contributed by atoms with Gasteiger partial charge in [-0.3, -0.25) is 4.79 Å². The van der Waals surface area contributed by atoms with Crippen molar-refractivity contribution in [2.75, 3.05) is 13.4 Å². The highest BCUT2D eigenvalue weighted by Crippen LogP contribution is 2.32. The molecule has 0 spiro atoms. The van der Waals surface area contributed by atoms with E-state index >= 15 is 0 Å². The smallest absolute Gasteiger partial charge is 0.277 e. The van der Waals surface area contributed by atoms with E-state index in [4.69, 9.17) is 14.2 Å². The fraction of sp³-hybridized carbons (Fsp3) is 0.176. The van der Waals surface area contributed by atoms with E-state index in [0.717, 1.165) is 15.6 Å². The van der Waals surface area contributed by atoms with Crippen molar-refractivity contribution < 1.29 is 19.0 Å². The largest absolute Gasteiger partial charge is 0.483 e. The molecule has 24 heavy (non-hydrogen) atoms. The number of carbonyl (C=O) groups is 1. The summed E-state index contributed by atoms with van der Waals surface area (Å²) in [7, 11) is 0. The van der Waals surface area contributed by atoms with Crippen LogP contribution in [0.25, 0.3) is 0 Å². The van der Waals surface area contributed by atoms with E-state index in [1.807, 2.05) is 31.2 Å². The van der Waals surface area contributed by atoms with E-state index in [1.165, 1.54) is 6.21 Å². The minimum absolute atomic E-state index is 0.125. The molecule has 0 unspecified atom stereocenters. The van der Waals surface area contributed by atoms with Crippen molar-refractivity contribution in [3.63, 3.8) is 0 Å². The summed E-state index contributed by atoms with van der Waals surface area (Å²) < 4.78 is 16.8. The zero-order valence-corrected chi connectivity index (χ0v) is 14.5. The molecule has 6 nitrogen and oxygen atoms in total. The number of carbonyl (C=O) groups excluding carboxylic acids is 1. The Labute approximate surface area is 147 Å². The number of nitrogens with one attached hydrogen (secondary N) is 1. The second kappa shape index (κ2) is 7.35. The maximum atomic E-state index is 11.8. The van der Waals surface area contributed by atoms with Crippen molar-refractivity contribution in [3.05, 3.63) is 52.0 Å². The van der Waals surface area contributed by atoms with Gasteiger partial charge in [-0.2, -0.15) is 5.10 Å². The van der Waals surface area contributed by atoms with Crippen LogP contribution in [0.2, 0.25) is 0 Å². The second-order valence-corrected chi connectivity index (χ2v) is 5.98. The molecule has 0 radical (unpaired) electrons. The molecule has 2 aromatic rings. The number of benzene rings is 2. The number of halogens is 1. The molecule has 3 rings (SSSR count). The van der Waals surface area contributed by atoms with E-state index < -0.39 is 0 Å². The predicted molar refractivity (Wildman–Crippen MR) is 92.7 cm³/mol. The molecule has 0 aliphatic carbocycles. The molecule has 0 saturated heterocycles. The summed E-state index contributed by atoms with van der Waals surface area (Å²) >= 11 is 3.40. The fourth-order valence-corrected chi connectivity index (χ4v) is 2.68. The average Bonchev–Trinajstić information content (AvgIpc) is 3.02. The first-order valence-electron chi connectivity index (χ1n) is 7.22. The summed E-state index contributed by atoms with van der Waals surface area (Å²) in [5.74, 6) is 1.63. The lowest BCUT2D eigenvalue weighted by Gasteiger charge is -2.07. The van der Waals surface area contributed by atoms with Crippen molar-refractivity contribution in [2.24, 2.45) is 5.10 Å². The van der Waals surface area contributed by atoms with Gasteiger partial charge >= 0.3 is 0 Å². The van der Waals surface area contributed by atoms with E-state index in [0.29, 0.717) is 17.2 Å². The Hall–Kier alpha value is -2.54. The molecule has 0 atom stereocenters. The molecular formula is C17H15BrN2O4. The number of rotatable bonds is 5. The summed E-state index contributed by atoms with van der Waals surface area (Å²) in [6, 6.07) is 11.0. The maximum absolute atomic E-state index is 11.8. The molecule has 0 bridgehead atoms. The Kier molecular flexibility index (Phi) is 5.00. The van der Waals surface area contributed by atoms with Crippen molar-refractivity contribution in [3.8, 4) is 17.2 Å². The van der Waals surface area contributed by atoms with Gasteiger partial charge in [0.1, 0.15) is 5.75 Å². The highest BCUT2D eigenvalue weighted by atomic mass is 79.9. The fourth-order valence-electron chi connectivity index (χ4n) is 2.07. The van der Waals surface area contributed by atoms with Gasteiger partial charge in [0, 0.05) is 0 Å². The number of hydrogen-bond donors (Lipinski definition) is 1. The normalized spacial score (nSPS) is 12.4. The Bertz CT molecular complexity index is 792. The van der Waals surface area contributed by atoms with Gasteiger partial charge in [-0.25, -0.2) is 5.43 Å². The van der Waals surface area contributed by atoms with Crippen LogP contribution in [0.1, 0.15) is 11.1 Å². The molecular weight excluding hydrogens is 376 g/mol. The molecule has 0 saturated carbocycles. The van der Waals surface area contributed by atoms with Crippen molar-refractivity contribution >= 4 is 28.1 Å². The third-order valence-electron chi connectivity index (χ3n) is 3.25. The number of fused-ring (bicyclic) bond motifs is 1. The standard InChI is InChI=1S/C17H15BrN2O4/c1-11-2-4-14(13(18)6-11)22-9-17(21)20-19-8-12-3-5-15-16(7-12)24-10-23-15/h2-8H,9-10H2,1H3,(H,20,21)/b19-8+. The summed E-state index contributed by atoms with van der Waals surface area (Å²) in [5.41, 5.74) is 4.32. The zero-order chi connectivity index (χ0) is 16.9. The van der Waals surface area contributed by atoms with Crippen LogP contribution in [0, 0.1) is 6.92 Å². The first-order chi connectivity index (χ1) is 11.6. The Morgan fingerprint density at radius 2 is 2.12 bits per heavy atom. The van der Waals surface area contributed by atoms with E-state index in [-0.39, 0.29) is 19.3 Å². The number of nitrogens with zero attached hydrogens (tertiary/aromatic N) is 1. The number of hydrogen-bond acceptors (Lipinski definition) is 5. The lowest BCUT2D eigenvalue weighted by molar-refractivity contribution is -0.123. The molecule has 0 fully saturated rings. The topological polar surface area (TPSA) is 69.2 Å². The van der Waals surface area contributed by atoms with Gasteiger partial charge in [0.25, 0.3) is 5.91 Å². The Balaban J connectivity index is 1.50. The molecule has 1 amide bonds. The van der Waals surface area contributed by atoms with Crippen LogP contribution in [0.3, 0.4) is 0 Å². The van der Waals surface area contributed by atoms with E-state index in [2.05, 4.69) is 26.5 Å². The molecule has 2 aromatic carbocycles. The molecule has 1 N–H and O–H groups in total. The summed E-state index contributed by atoms with van der Waals surface area (Å²) in [5, 5.41) is 3.90. The van der Waals surface area contributed by atoms with Crippen LogP contribution in [-0.4, -0.2) is 25.5 Å². The van der Waals surface area contributed by atoms with Gasteiger partial charge in [-0.1, -0.05) is 6.07 Å². The van der Waals surface area contributed by atoms with Crippen molar-refractivity contribution in [2.45, 2.75) is 6.92 Å². The number of aryl methyl sites for hydroxylation is 1. The third kappa shape index (κ3) is 4.05. The molecule has 1 aliphatic rings. The van der Waals surface area contributed by atoms with Gasteiger partial charge in [0.2, 0.25) is 6.79 Å². The van der Waals surface area contributed by atoms with E-state index in [9.17, 15) is 4.79 Å². The molecule has 0 aromatic heterocycles. The van der Waals surface area contributed by atoms with Crippen LogP contribution < -0.4 is 19.6 Å². The van der Waals surface area contributed by atoms with Crippen molar-refractivity contribution in [1.29, 1.82) is 0 Å². The summed E-state index contributed by atoms with van der Waals surface area (Å²) in [6.07, 6.45) is 1.53. The Morgan fingerprint density at radius 3 is 2.96 bits per heavy atom. The highest BCUT2D eigenvalue weighted by molar-refractivity contribution is 9.10. The van der Waals surface area contributed by atoms with Gasteiger partial charge in [0.15, 0.2) is 18.1 Å². The predicted octanol–water partition coefficient (Wildman–Crippen LogP) is 3.02. The number of amides is 1. The van der Waals surface area contributed by atoms with Gasteiger partial charge < -0.3 is 14.2 Å². The van der Waals surface area contributed by atoms with Crippen LogP contribution in [0.4, 0.5) is 0 Å². The van der Waals surface area contributed by atoms with Crippen LogP contribution in [0.15, 0.2) is 46.0 Å². The maximum Gasteiger partial charge on any atom is 0.277 e. The molecule has 7 heteroatoms. The summed E-state index contributed by atoms with van der Waals surface area (Å²) in [4.78, 5) is 11.8. The minimum atomic E-state index is -0.348. The zero-order valence-electron chi connectivity index (χ0n) is 12.9. The lowest BCUT2D eigenvalue weighted by Crippen LogP contribution is -2.24. The van der Waals surface area contributed by atoms with Gasteiger partial charge in [0.05, 0.1) is 10.7 Å². The van der Waals surface area contributed by atoms with Crippen LogP contribution in [-0.2, 0) is 4.79 Å². The quantitative estimate of drug-likeness (QED) is 0.629. The first-order valence-corrected chi connectivity index (χ1v) is 8.01. The van der Waals surface area contributed by atoms with Crippen LogP contribution >= 0.6 is 15.9 Å². The minimum Gasteiger partial charge on any atom is -0.483 e. The number of hydrazone groups is 1. The molecule has 1 heterocycles. The van der Waals surface area contributed by atoms with Crippen LogP contribution in [0.5, 0.6) is 17.2 Å². The lowest BCUT2D eigenvalue weighted by atomic mass is 10.2. The SMILES string of the molecule is Cc1ccc(OCC(=O)N/N=C/c2ccc3c(c2)OCO3)c(Br)c1. The second-order valence-electron chi connectivity index (χ2n) is 5.13. The van der Waals surface area contributed by atoms with Crippen molar-refractivity contribution in [1.82, 2.24) is 5.43 Å². The highest BCUT2D eigenvalue weighted by Gasteiger charge is 2.12. The monoisotopic (exact) mass is 390 g/mol. The number of ether oxygens (including phenoxy) is 3. The summed E-state index contributed by atoms with van der Waals surface area (Å²) in [6.45, 7) is 2.07. The van der Waals surface area contributed by atoms with Gasteiger partial charge in [-0.15, -0.1) is 0 Å². The molecule has 1 aliphatic heterocycles. The van der Waals surface area contributed by atoms with Gasteiger partial charge in [-0.05, 0) is 64.3 Å². The molecule has 124 valence electrons.